The maximum absolute atomic E-state index is 12.2. The van der Waals surface area contributed by atoms with Crippen molar-refractivity contribution >= 4 is 11.8 Å². The van der Waals surface area contributed by atoms with Gasteiger partial charge in [-0.05, 0) is 24.8 Å². The summed E-state index contributed by atoms with van der Waals surface area (Å²) in [4.78, 5) is 27.7. The van der Waals surface area contributed by atoms with Crippen LogP contribution in [0.15, 0.2) is 0 Å². The first-order chi connectivity index (χ1) is 8.59. The van der Waals surface area contributed by atoms with Crippen LogP contribution in [0.1, 0.15) is 20.3 Å². The molecule has 0 aromatic heterocycles. The summed E-state index contributed by atoms with van der Waals surface area (Å²) in [5.74, 6) is 0.355. The molecule has 18 heavy (non-hydrogen) atoms. The number of nitrogens with one attached hydrogen (secondary N) is 1. The highest BCUT2D eigenvalue weighted by molar-refractivity contribution is 6.34. The van der Waals surface area contributed by atoms with Gasteiger partial charge in [-0.25, -0.2) is 0 Å². The van der Waals surface area contributed by atoms with E-state index in [4.69, 9.17) is 0 Å². The van der Waals surface area contributed by atoms with Crippen molar-refractivity contribution in [3.05, 3.63) is 0 Å². The van der Waals surface area contributed by atoms with E-state index >= 15 is 0 Å². The Balaban J connectivity index is 1.94. The van der Waals surface area contributed by atoms with E-state index in [2.05, 4.69) is 19.2 Å². The lowest BCUT2D eigenvalue weighted by Gasteiger charge is -2.23. The molecule has 2 aliphatic rings. The number of likely N-dealkylation sites (tertiary alicyclic amines) is 1. The number of rotatable bonds is 0. The van der Waals surface area contributed by atoms with Crippen molar-refractivity contribution in [3.63, 3.8) is 0 Å². The molecule has 2 rings (SSSR count). The summed E-state index contributed by atoms with van der Waals surface area (Å²) in [6, 6.07) is 0. The van der Waals surface area contributed by atoms with E-state index in [0.717, 1.165) is 32.6 Å². The average Bonchev–Trinajstić information content (AvgIpc) is 2.61. The third kappa shape index (κ3) is 2.83. The van der Waals surface area contributed by atoms with Gasteiger partial charge in [0.1, 0.15) is 0 Å². The molecule has 0 radical (unpaired) electrons. The Bertz CT molecular complexity index is 302. The van der Waals surface area contributed by atoms with Gasteiger partial charge in [-0.15, -0.1) is 0 Å². The van der Waals surface area contributed by atoms with Gasteiger partial charge in [-0.1, -0.05) is 13.8 Å². The second-order valence-corrected chi connectivity index (χ2v) is 5.56. The summed E-state index contributed by atoms with van der Waals surface area (Å²) in [6.07, 6.45) is 0.922. The Hall–Kier alpha value is -1.10. The van der Waals surface area contributed by atoms with E-state index in [-0.39, 0.29) is 11.8 Å². The molecule has 5 heteroatoms. The third-order valence-electron chi connectivity index (χ3n) is 4.09. The summed E-state index contributed by atoms with van der Waals surface area (Å²) in [5, 5.41) is 3.24. The minimum Gasteiger partial charge on any atom is -0.334 e. The van der Waals surface area contributed by atoms with Gasteiger partial charge in [-0.2, -0.15) is 0 Å². The second-order valence-electron chi connectivity index (χ2n) is 5.56. The van der Waals surface area contributed by atoms with Crippen molar-refractivity contribution in [1.29, 1.82) is 0 Å². The molecule has 2 amide bonds. The smallest absolute Gasteiger partial charge is 0.312 e. The maximum atomic E-state index is 12.2. The van der Waals surface area contributed by atoms with Gasteiger partial charge in [0, 0.05) is 32.7 Å². The van der Waals surface area contributed by atoms with Crippen LogP contribution in [0.25, 0.3) is 0 Å². The Morgan fingerprint density at radius 2 is 1.56 bits per heavy atom. The Kier molecular flexibility index (Phi) is 4.22. The molecule has 2 atom stereocenters. The highest BCUT2D eigenvalue weighted by Gasteiger charge is 2.34. The zero-order valence-corrected chi connectivity index (χ0v) is 11.3. The lowest BCUT2D eigenvalue weighted by molar-refractivity contribution is -0.151. The number of nitrogens with zero attached hydrogens (tertiary/aromatic N) is 2. The zero-order chi connectivity index (χ0) is 13.1. The van der Waals surface area contributed by atoms with Gasteiger partial charge in [0.05, 0.1) is 0 Å². The largest absolute Gasteiger partial charge is 0.334 e. The number of amides is 2. The first-order valence-corrected chi connectivity index (χ1v) is 6.88. The number of carbonyl (C=O) groups excluding carboxylic acids is 2. The standard InChI is InChI=1S/C13H23N3O2/c1-10-8-16(9-11(10)2)13(18)12(17)15-6-3-4-14-5-7-15/h10-11,14H,3-9H2,1-2H3. The van der Waals surface area contributed by atoms with Crippen LogP contribution >= 0.6 is 0 Å². The molecular formula is C13H23N3O2. The quantitative estimate of drug-likeness (QED) is 0.615. The molecule has 2 heterocycles. The first-order valence-electron chi connectivity index (χ1n) is 6.88. The average molecular weight is 253 g/mol. The number of hydrogen-bond acceptors (Lipinski definition) is 3. The lowest BCUT2D eigenvalue weighted by Crippen LogP contribution is -2.45. The monoisotopic (exact) mass is 253 g/mol. The van der Waals surface area contributed by atoms with Crippen LogP contribution in [-0.4, -0.2) is 60.9 Å². The van der Waals surface area contributed by atoms with Gasteiger partial charge < -0.3 is 15.1 Å². The highest BCUT2D eigenvalue weighted by Crippen LogP contribution is 2.22. The van der Waals surface area contributed by atoms with Crippen molar-refractivity contribution in [1.82, 2.24) is 15.1 Å². The zero-order valence-electron chi connectivity index (χ0n) is 11.3. The fraction of sp³-hybridized carbons (Fsp3) is 0.846. The molecule has 0 aliphatic carbocycles. The van der Waals surface area contributed by atoms with Gasteiger partial charge >= 0.3 is 11.8 Å². The molecule has 2 aliphatic heterocycles. The van der Waals surface area contributed by atoms with E-state index in [1.54, 1.807) is 9.80 Å². The molecular weight excluding hydrogens is 230 g/mol. The van der Waals surface area contributed by atoms with Crippen LogP contribution in [0, 0.1) is 11.8 Å². The topological polar surface area (TPSA) is 52.7 Å². The molecule has 0 bridgehead atoms. The molecule has 0 spiro atoms. The van der Waals surface area contributed by atoms with E-state index in [1.165, 1.54) is 0 Å². The summed E-state index contributed by atoms with van der Waals surface area (Å²) in [6.45, 7) is 8.76. The molecule has 1 N–H and O–H groups in total. The minimum atomic E-state index is -0.319. The SMILES string of the molecule is CC1CN(C(=O)C(=O)N2CCCNCC2)CC1C. The predicted octanol–water partition coefficient (Wildman–Crippen LogP) is -0.0773. The minimum absolute atomic E-state index is 0.312. The lowest BCUT2D eigenvalue weighted by atomic mass is 10.0. The maximum Gasteiger partial charge on any atom is 0.312 e. The molecule has 2 fully saturated rings. The molecule has 5 nitrogen and oxygen atoms in total. The summed E-state index contributed by atoms with van der Waals surface area (Å²) < 4.78 is 0. The van der Waals surface area contributed by atoms with Gasteiger partial charge in [0.2, 0.25) is 0 Å². The van der Waals surface area contributed by atoms with E-state index < -0.39 is 0 Å². The molecule has 0 saturated carbocycles. The Morgan fingerprint density at radius 3 is 2.22 bits per heavy atom. The Morgan fingerprint density at radius 1 is 0.944 bits per heavy atom. The van der Waals surface area contributed by atoms with Crippen LogP contribution in [0.3, 0.4) is 0 Å². The third-order valence-corrected chi connectivity index (χ3v) is 4.09. The molecule has 2 unspecified atom stereocenters. The van der Waals surface area contributed by atoms with E-state index in [1.807, 2.05) is 0 Å². The van der Waals surface area contributed by atoms with Gasteiger partial charge in [0.15, 0.2) is 0 Å². The summed E-state index contributed by atoms with van der Waals surface area (Å²) in [7, 11) is 0. The summed E-state index contributed by atoms with van der Waals surface area (Å²) in [5.41, 5.74) is 0. The first kappa shape index (κ1) is 13.3. The van der Waals surface area contributed by atoms with Crippen LogP contribution in [0.4, 0.5) is 0 Å². The fourth-order valence-electron chi connectivity index (χ4n) is 2.61. The van der Waals surface area contributed by atoms with Crippen molar-refractivity contribution in [2.24, 2.45) is 11.8 Å². The number of carbonyl (C=O) groups is 2. The molecule has 0 aromatic rings. The van der Waals surface area contributed by atoms with Crippen molar-refractivity contribution in [3.8, 4) is 0 Å². The van der Waals surface area contributed by atoms with E-state index in [0.29, 0.717) is 24.9 Å². The molecule has 2 saturated heterocycles. The second kappa shape index (κ2) is 5.69. The number of hydrogen-bond donors (Lipinski definition) is 1. The van der Waals surface area contributed by atoms with E-state index in [9.17, 15) is 9.59 Å². The molecule has 102 valence electrons. The normalized spacial score (nSPS) is 29.2. The van der Waals surface area contributed by atoms with Crippen LogP contribution in [0.5, 0.6) is 0 Å². The Labute approximate surface area is 108 Å². The fourth-order valence-corrected chi connectivity index (χ4v) is 2.61. The highest BCUT2D eigenvalue weighted by atomic mass is 16.2. The van der Waals surface area contributed by atoms with Crippen molar-refractivity contribution in [2.75, 3.05) is 39.3 Å². The predicted molar refractivity (Wildman–Crippen MR) is 69.0 cm³/mol. The van der Waals surface area contributed by atoms with Gasteiger partial charge in [0.25, 0.3) is 0 Å². The molecule has 0 aromatic carbocycles. The van der Waals surface area contributed by atoms with Crippen LogP contribution < -0.4 is 5.32 Å². The van der Waals surface area contributed by atoms with Gasteiger partial charge in [-0.3, -0.25) is 9.59 Å². The van der Waals surface area contributed by atoms with Crippen LogP contribution in [-0.2, 0) is 9.59 Å². The van der Waals surface area contributed by atoms with Crippen molar-refractivity contribution < 1.29 is 9.59 Å². The summed E-state index contributed by atoms with van der Waals surface area (Å²) >= 11 is 0. The van der Waals surface area contributed by atoms with Crippen molar-refractivity contribution in [2.45, 2.75) is 20.3 Å². The van der Waals surface area contributed by atoms with Crippen LogP contribution in [0.2, 0.25) is 0 Å².